The number of ether oxygens (including phenoxy) is 3. The summed E-state index contributed by atoms with van der Waals surface area (Å²) in [7, 11) is 3.42. The lowest BCUT2D eigenvalue weighted by Crippen LogP contribution is -2.32. The monoisotopic (exact) mass is 323 g/mol. The van der Waals surface area contributed by atoms with Gasteiger partial charge in [0.1, 0.15) is 18.1 Å². The summed E-state index contributed by atoms with van der Waals surface area (Å²) in [5.41, 5.74) is 0.873. The zero-order chi connectivity index (χ0) is 15.5. The fraction of sp³-hybridized carbons (Fsp3) is 0.429. The minimum absolute atomic E-state index is 0.208. The molecule has 3 rings (SSSR count). The van der Waals surface area contributed by atoms with Gasteiger partial charge in [0.25, 0.3) is 5.91 Å². The van der Waals surface area contributed by atoms with E-state index in [2.05, 4.69) is 10.4 Å². The van der Waals surface area contributed by atoms with Gasteiger partial charge in [-0.15, -0.1) is 11.3 Å². The quantitative estimate of drug-likeness (QED) is 0.899. The molecule has 0 unspecified atom stereocenters. The minimum Gasteiger partial charge on any atom is -0.485 e. The minimum atomic E-state index is -0.285. The SMILES string of the molecule is COC[C@H](NC(=O)c1scc2c1OCCO2)c1ccnn1C. The highest BCUT2D eigenvalue weighted by molar-refractivity contribution is 7.12. The summed E-state index contributed by atoms with van der Waals surface area (Å²) in [5.74, 6) is 0.945. The van der Waals surface area contributed by atoms with Gasteiger partial charge in [-0.2, -0.15) is 5.10 Å². The molecule has 0 bridgehead atoms. The number of hydrogen-bond acceptors (Lipinski definition) is 6. The standard InChI is InChI=1S/C14H17N3O4S/c1-17-10(3-4-15-17)9(7-19-2)16-14(18)13-12-11(8-22-13)20-5-6-21-12/h3-4,8-9H,5-7H2,1-2H3,(H,16,18)/t9-/m0/s1. The Kier molecular flexibility index (Phi) is 4.30. The third-order valence-electron chi connectivity index (χ3n) is 3.36. The van der Waals surface area contributed by atoms with Crippen molar-refractivity contribution in [3.05, 3.63) is 28.2 Å². The van der Waals surface area contributed by atoms with Crippen LogP contribution in [0.25, 0.3) is 0 Å². The van der Waals surface area contributed by atoms with Crippen LogP contribution in [0.4, 0.5) is 0 Å². The smallest absolute Gasteiger partial charge is 0.265 e. The van der Waals surface area contributed by atoms with Gasteiger partial charge in [-0.05, 0) is 6.07 Å². The number of thiophene rings is 1. The van der Waals surface area contributed by atoms with Crippen molar-refractivity contribution in [2.24, 2.45) is 7.05 Å². The van der Waals surface area contributed by atoms with E-state index in [-0.39, 0.29) is 11.9 Å². The first-order chi connectivity index (χ1) is 10.7. The predicted molar refractivity (Wildman–Crippen MR) is 80.6 cm³/mol. The topological polar surface area (TPSA) is 74.6 Å². The second-order valence-electron chi connectivity index (χ2n) is 4.82. The molecular formula is C14H17N3O4S. The fourth-order valence-corrected chi connectivity index (χ4v) is 3.17. The fourth-order valence-electron chi connectivity index (χ4n) is 2.34. The van der Waals surface area contributed by atoms with E-state index in [0.717, 1.165) is 5.69 Å². The summed E-state index contributed by atoms with van der Waals surface area (Å²) in [6, 6.07) is 1.57. The maximum Gasteiger partial charge on any atom is 0.265 e. The van der Waals surface area contributed by atoms with Crippen molar-refractivity contribution in [2.75, 3.05) is 26.9 Å². The van der Waals surface area contributed by atoms with Gasteiger partial charge in [-0.25, -0.2) is 0 Å². The average molecular weight is 323 g/mol. The number of methoxy groups -OCH3 is 1. The number of nitrogens with zero attached hydrogens (tertiary/aromatic N) is 2. The average Bonchev–Trinajstić information content (AvgIpc) is 3.12. The molecule has 0 radical (unpaired) electrons. The first-order valence-corrected chi connectivity index (χ1v) is 7.73. The molecule has 1 atom stereocenters. The maximum absolute atomic E-state index is 12.5. The number of fused-ring (bicyclic) bond motifs is 1. The second kappa shape index (κ2) is 6.37. The van der Waals surface area contributed by atoms with Gasteiger partial charge in [-0.1, -0.05) is 0 Å². The molecule has 1 amide bonds. The van der Waals surface area contributed by atoms with Crippen LogP contribution in [0.1, 0.15) is 21.4 Å². The van der Waals surface area contributed by atoms with Crippen LogP contribution in [0.3, 0.4) is 0 Å². The number of aromatic nitrogens is 2. The van der Waals surface area contributed by atoms with E-state index in [1.54, 1.807) is 23.4 Å². The van der Waals surface area contributed by atoms with Gasteiger partial charge in [0.05, 0.1) is 18.3 Å². The Balaban J connectivity index is 1.80. The van der Waals surface area contributed by atoms with E-state index < -0.39 is 0 Å². The molecule has 0 saturated heterocycles. The largest absolute Gasteiger partial charge is 0.485 e. The third-order valence-corrected chi connectivity index (χ3v) is 4.30. The van der Waals surface area contributed by atoms with Crippen LogP contribution in [0, 0.1) is 0 Å². The lowest BCUT2D eigenvalue weighted by atomic mass is 10.2. The lowest BCUT2D eigenvalue weighted by molar-refractivity contribution is 0.0888. The Morgan fingerprint density at radius 3 is 3.09 bits per heavy atom. The van der Waals surface area contributed by atoms with Crippen LogP contribution in [0.2, 0.25) is 0 Å². The van der Waals surface area contributed by atoms with Gasteiger partial charge in [0.2, 0.25) is 0 Å². The molecular weight excluding hydrogens is 306 g/mol. The van der Waals surface area contributed by atoms with Crippen molar-refractivity contribution in [1.82, 2.24) is 15.1 Å². The first kappa shape index (κ1) is 14.9. The highest BCUT2D eigenvalue weighted by Crippen LogP contribution is 2.39. The summed E-state index contributed by atoms with van der Waals surface area (Å²) in [6.07, 6.45) is 1.69. The van der Waals surface area contributed by atoms with Crippen LogP contribution in [-0.2, 0) is 11.8 Å². The summed E-state index contributed by atoms with van der Waals surface area (Å²) in [6.45, 7) is 1.32. The molecule has 1 N–H and O–H groups in total. The number of hydrogen-bond donors (Lipinski definition) is 1. The van der Waals surface area contributed by atoms with Crippen LogP contribution in [0.5, 0.6) is 11.5 Å². The van der Waals surface area contributed by atoms with Crippen LogP contribution in [-0.4, -0.2) is 42.6 Å². The molecule has 0 aliphatic carbocycles. The molecule has 2 aromatic heterocycles. The van der Waals surface area contributed by atoms with Crippen molar-refractivity contribution in [3.8, 4) is 11.5 Å². The molecule has 1 aliphatic rings. The van der Waals surface area contributed by atoms with E-state index in [9.17, 15) is 4.79 Å². The van der Waals surface area contributed by atoms with Crippen molar-refractivity contribution >= 4 is 17.2 Å². The molecule has 8 heteroatoms. The Morgan fingerprint density at radius 1 is 1.55 bits per heavy atom. The first-order valence-electron chi connectivity index (χ1n) is 6.85. The van der Waals surface area contributed by atoms with E-state index in [1.165, 1.54) is 11.3 Å². The van der Waals surface area contributed by atoms with Gasteiger partial charge in [0.15, 0.2) is 11.5 Å². The molecule has 22 heavy (non-hydrogen) atoms. The molecule has 0 saturated carbocycles. The van der Waals surface area contributed by atoms with E-state index in [0.29, 0.717) is 36.2 Å². The summed E-state index contributed by atoms with van der Waals surface area (Å²) in [5, 5.41) is 8.88. The zero-order valence-corrected chi connectivity index (χ0v) is 13.2. The number of nitrogens with one attached hydrogen (secondary N) is 1. The maximum atomic E-state index is 12.5. The predicted octanol–water partition coefficient (Wildman–Crippen LogP) is 1.37. The lowest BCUT2D eigenvalue weighted by Gasteiger charge is -2.19. The van der Waals surface area contributed by atoms with Crippen molar-refractivity contribution in [2.45, 2.75) is 6.04 Å². The van der Waals surface area contributed by atoms with Crippen LogP contribution >= 0.6 is 11.3 Å². The summed E-state index contributed by atoms with van der Waals surface area (Å²) >= 11 is 1.31. The number of rotatable bonds is 5. The van der Waals surface area contributed by atoms with Crippen molar-refractivity contribution in [3.63, 3.8) is 0 Å². The number of carbonyl (C=O) groups excluding carboxylic acids is 1. The molecule has 7 nitrogen and oxygen atoms in total. The zero-order valence-electron chi connectivity index (χ0n) is 12.4. The summed E-state index contributed by atoms with van der Waals surface area (Å²) < 4.78 is 17.9. The molecule has 2 aromatic rings. The Labute approximate surface area is 131 Å². The highest BCUT2D eigenvalue weighted by atomic mass is 32.1. The van der Waals surface area contributed by atoms with Crippen molar-refractivity contribution < 1.29 is 19.0 Å². The highest BCUT2D eigenvalue weighted by Gasteiger charge is 2.26. The Bertz CT molecular complexity index is 667. The van der Waals surface area contributed by atoms with E-state index in [4.69, 9.17) is 14.2 Å². The van der Waals surface area contributed by atoms with Crippen LogP contribution < -0.4 is 14.8 Å². The Morgan fingerprint density at radius 2 is 2.36 bits per heavy atom. The molecule has 0 aromatic carbocycles. The van der Waals surface area contributed by atoms with Crippen LogP contribution in [0.15, 0.2) is 17.6 Å². The van der Waals surface area contributed by atoms with Gasteiger partial charge in [0, 0.05) is 25.7 Å². The second-order valence-corrected chi connectivity index (χ2v) is 5.70. The van der Waals surface area contributed by atoms with Crippen molar-refractivity contribution in [1.29, 1.82) is 0 Å². The molecule has 3 heterocycles. The van der Waals surface area contributed by atoms with E-state index >= 15 is 0 Å². The molecule has 1 aliphatic heterocycles. The molecule has 0 fully saturated rings. The summed E-state index contributed by atoms with van der Waals surface area (Å²) in [4.78, 5) is 13.1. The molecule has 0 spiro atoms. The molecule has 118 valence electrons. The van der Waals surface area contributed by atoms with E-state index in [1.807, 2.05) is 13.1 Å². The normalized spacial score (nSPS) is 14.6. The number of aryl methyl sites for hydroxylation is 1. The van der Waals surface area contributed by atoms with Gasteiger partial charge < -0.3 is 19.5 Å². The number of amides is 1. The number of carbonyl (C=O) groups is 1. The van der Waals surface area contributed by atoms with Gasteiger partial charge >= 0.3 is 0 Å². The van der Waals surface area contributed by atoms with Gasteiger partial charge in [-0.3, -0.25) is 9.48 Å². The Hall–Kier alpha value is -2.06. The third kappa shape index (κ3) is 2.79.